The van der Waals surface area contributed by atoms with E-state index in [-0.39, 0.29) is 11.6 Å². The molecule has 0 bridgehead atoms. The van der Waals surface area contributed by atoms with E-state index < -0.39 is 10.8 Å². The predicted octanol–water partition coefficient (Wildman–Crippen LogP) is 1.92. The van der Waals surface area contributed by atoms with Gasteiger partial charge >= 0.3 is 0 Å². The van der Waals surface area contributed by atoms with Crippen LogP contribution >= 0.6 is 0 Å². The second-order valence-electron chi connectivity index (χ2n) is 3.11. The van der Waals surface area contributed by atoms with E-state index in [0.29, 0.717) is 10.7 Å². The summed E-state index contributed by atoms with van der Waals surface area (Å²) in [4.78, 5) is 8.54. The van der Waals surface area contributed by atoms with Crippen molar-refractivity contribution in [2.75, 3.05) is 0 Å². The Bertz CT molecular complexity index is 487. The van der Waals surface area contributed by atoms with Crippen molar-refractivity contribution in [1.82, 2.24) is 9.97 Å². The monoisotopic (exact) mass is 236 g/mol. The zero-order valence-electron chi connectivity index (χ0n) is 8.34. The third-order valence-electron chi connectivity index (χ3n) is 1.96. The highest BCUT2D eigenvalue weighted by atomic mass is 32.2. The maximum Gasteiger partial charge on any atom is 0.141 e. The van der Waals surface area contributed by atoms with Gasteiger partial charge in [0.25, 0.3) is 0 Å². The van der Waals surface area contributed by atoms with Crippen molar-refractivity contribution in [1.29, 1.82) is 0 Å². The second-order valence-corrected chi connectivity index (χ2v) is 4.56. The van der Waals surface area contributed by atoms with E-state index >= 15 is 0 Å². The summed E-state index contributed by atoms with van der Waals surface area (Å²) in [6, 6.07) is 7.30. The minimum absolute atomic E-state index is 0.243. The molecule has 0 radical (unpaired) electrons. The van der Waals surface area contributed by atoms with Crippen molar-refractivity contribution in [2.45, 2.75) is 10.6 Å². The Balaban J connectivity index is 2.12. The lowest BCUT2D eigenvalue weighted by molar-refractivity contribution is 0.626. The van der Waals surface area contributed by atoms with Crippen LogP contribution < -0.4 is 0 Å². The topological polar surface area (TPSA) is 42.9 Å². The number of hydrogen-bond acceptors (Lipinski definition) is 3. The zero-order chi connectivity index (χ0) is 11.4. The van der Waals surface area contributed by atoms with Gasteiger partial charge in [0.05, 0.1) is 16.6 Å². The molecule has 2 rings (SSSR count). The summed E-state index contributed by atoms with van der Waals surface area (Å²) in [5, 5.41) is 0. The minimum Gasteiger partial charge on any atom is -0.254 e. The molecule has 82 valence electrons. The molecule has 0 spiro atoms. The van der Waals surface area contributed by atoms with Crippen molar-refractivity contribution >= 4 is 10.8 Å². The Morgan fingerprint density at radius 3 is 2.38 bits per heavy atom. The Kier molecular flexibility index (Phi) is 3.36. The Hall–Kier alpha value is -1.62. The minimum atomic E-state index is -1.23. The van der Waals surface area contributed by atoms with Gasteiger partial charge in [-0.3, -0.25) is 4.21 Å². The number of rotatable bonds is 3. The SMILES string of the molecule is O=S(Cc1ncccn1)c1ccc(F)cc1. The van der Waals surface area contributed by atoms with E-state index in [2.05, 4.69) is 9.97 Å². The molecule has 1 aromatic carbocycles. The van der Waals surface area contributed by atoms with Crippen molar-refractivity contribution < 1.29 is 8.60 Å². The van der Waals surface area contributed by atoms with Gasteiger partial charge in [-0.2, -0.15) is 0 Å². The lowest BCUT2D eigenvalue weighted by atomic mass is 10.4. The van der Waals surface area contributed by atoms with Crippen LogP contribution in [0.15, 0.2) is 47.6 Å². The quantitative estimate of drug-likeness (QED) is 0.817. The third-order valence-corrected chi connectivity index (χ3v) is 3.27. The first kappa shape index (κ1) is 10.9. The van der Waals surface area contributed by atoms with Crippen molar-refractivity contribution in [2.24, 2.45) is 0 Å². The van der Waals surface area contributed by atoms with Gasteiger partial charge in [-0.15, -0.1) is 0 Å². The molecule has 1 unspecified atom stereocenters. The van der Waals surface area contributed by atoms with Crippen LogP contribution in [-0.4, -0.2) is 14.2 Å². The molecule has 3 nitrogen and oxygen atoms in total. The fourth-order valence-electron chi connectivity index (χ4n) is 1.19. The van der Waals surface area contributed by atoms with Crippen molar-refractivity contribution in [3.63, 3.8) is 0 Å². The molecule has 0 saturated carbocycles. The van der Waals surface area contributed by atoms with Crippen LogP contribution in [0.5, 0.6) is 0 Å². The van der Waals surface area contributed by atoms with Gasteiger partial charge in [-0.05, 0) is 30.3 Å². The molecule has 0 aliphatic rings. The van der Waals surface area contributed by atoms with Gasteiger partial charge in [-0.1, -0.05) is 0 Å². The van der Waals surface area contributed by atoms with Crippen molar-refractivity contribution in [3.05, 3.63) is 54.4 Å². The van der Waals surface area contributed by atoms with Crippen LogP contribution in [0.25, 0.3) is 0 Å². The van der Waals surface area contributed by atoms with Crippen LogP contribution in [0.2, 0.25) is 0 Å². The fraction of sp³-hybridized carbons (Fsp3) is 0.0909. The Morgan fingerprint density at radius 1 is 1.12 bits per heavy atom. The first-order valence-corrected chi connectivity index (χ1v) is 5.97. The van der Waals surface area contributed by atoms with Gasteiger partial charge in [-0.25, -0.2) is 14.4 Å². The molecule has 1 atom stereocenters. The molecule has 0 fully saturated rings. The molecule has 2 aromatic rings. The molecule has 0 aliphatic heterocycles. The summed E-state index contributed by atoms with van der Waals surface area (Å²) in [5.41, 5.74) is 0. The number of halogens is 1. The van der Waals surface area contributed by atoms with Crippen LogP contribution in [0.4, 0.5) is 4.39 Å². The Morgan fingerprint density at radius 2 is 1.75 bits per heavy atom. The normalized spacial score (nSPS) is 12.3. The van der Waals surface area contributed by atoms with E-state index in [1.165, 1.54) is 24.3 Å². The molecule has 1 heterocycles. The Labute approximate surface area is 94.8 Å². The average molecular weight is 236 g/mol. The van der Waals surface area contributed by atoms with E-state index in [4.69, 9.17) is 0 Å². The molecule has 1 aromatic heterocycles. The molecule has 0 N–H and O–H groups in total. The summed E-state index contributed by atoms with van der Waals surface area (Å²) in [5.74, 6) is 0.425. The second kappa shape index (κ2) is 4.94. The first-order chi connectivity index (χ1) is 7.75. The smallest absolute Gasteiger partial charge is 0.141 e. The fourth-order valence-corrected chi connectivity index (χ4v) is 2.18. The molecule has 0 aliphatic carbocycles. The maximum absolute atomic E-state index is 12.7. The predicted molar refractivity (Wildman–Crippen MR) is 58.5 cm³/mol. The highest BCUT2D eigenvalue weighted by Crippen LogP contribution is 2.10. The van der Waals surface area contributed by atoms with Crippen molar-refractivity contribution in [3.8, 4) is 0 Å². The highest BCUT2D eigenvalue weighted by Gasteiger charge is 2.06. The summed E-state index contributed by atoms with van der Waals surface area (Å²) in [7, 11) is -1.23. The van der Waals surface area contributed by atoms with E-state index in [9.17, 15) is 8.60 Å². The first-order valence-electron chi connectivity index (χ1n) is 4.65. The third kappa shape index (κ3) is 2.70. The number of nitrogens with zero attached hydrogens (tertiary/aromatic N) is 2. The number of benzene rings is 1. The molecular formula is C11H9FN2OS. The van der Waals surface area contributed by atoms with E-state index in [0.717, 1.165) is 0 Å². The molecule has 0 amide bonds. The summed E-state index contributed by atoms with van der Waals surface area (Å²) < 4.78 is 24.5. The zero-order valence-corrected chi connectivity index (χ0v) is 9.15. The summed E-state index contributed by atoms with van der Waals surface area (Å²) in [6.45, 7) is 0. The van der Waals surface area contributed by atoms with Gasteiger partial charge < -0.3 is 0 Å². The molecule has 16 heavy (non-hydrogen) atoms. The van der Waals surface area contributed by atoms with Crippen LogP contribution in [0.3, 0.4) is 0 Å². The van der Waals surface area contributed by atoms with E-state index in [1.54, 1.807) is 18.5 Å². The van der Waals surface area contributed by atoms with Crippen LogP contribution in [0, 0.1) is 5.82 Å². The van der Waals surface area contributed by atoms with Crippen LogP contribution in [-0.2, 0) is 16.6 Å². The van der Waals surface area contributed by atoms with Crippen LogP contribution in [0.1, 0.15) is 5.82 Å². The number of aromatic nitrogens is 2. The van der Waals surface area contributed by atoms with Gasteiger partial charge in [0.15, 0.2) is 0 Å². The highest BCUT2D eigenvalue weighted by molar-refractivity contribution is 7.84. The summed E-state index contributed by atoms with van der Waals surface area (Å²) in [6.07, 6.45) is 3.20. The number of hydrogen-bond donors (Lipinski definition) is 0. The molecule has 5 heteroatoms. The van der Waals surface area contributed by atoms with Gasteiger partial charge in [0.1, 0.15) is 11.6 Å². The average Bonchev–Trinajstić information content (AvgIpc) is 2.31. The summed E-state index contributed by atoms with van der Waals surface area (Å²) >= 11 is 0. The largest absolute Gasteiger partial charge is 0.254 e. The lowest BCUT2D eigenvalue weighted by Crippen LogP contribution is -2.00. The molecule has 0 saturated heterocycles. The molecular weight excluding hydrogens is 227 g/mol. The maximum atomic E-state index is 12.7. The standard InChI is InChI=1S/C11H9FN2OS/c12-9-2-4-10(5-3-9)16(15)8-11-13-6-1-7-14-11/h1-7H,8H2. The van der Waals surface area contributed by atoms with Gasteiger partial charge in [0, 0.05) is 17.3 Å². The van der Waals surface area contributed by atoms with Gasteiger partial charge in [0.2, 0.25) is 0 Å². The lowest BCUT2D eigenvalue weighted by Gasteiger charge is -2.00. The van der Waals surface area contributed by atoms with E-state index in [1.807, 2.05) is 0 Å².